The number of halogens is 2. The summed E-state index contributed by atoms with van der Waals surface area (Å²) in [6.45, 7) is 6.08. The number of rotatable bonds is 1. The van der Waals surface area contributed by atoms with Gasteiger partial charge in [0.15, 0.2) is 0 Å². The van der Waals surface area contributed by atoms with Gasteiger partial charge in [0.2, 0.25) is 5.96 Å². The summed E-state index contributed by atoms with van der Waals surface area (Å²) >= 11 is 12.2. The first-order chi connectivity index (χ1) is 13.4. The molecule has 29 heavy (non-hydrogen) atoms. The van der Waals surface area contributed by atoms with Crippen molar-refractivity contribution in [3.63, 3.8) is 0 Å². The van der Waals surface area contributed by atoms with Gasteiger partial charge in [-0.05, 0) is 45.0 Å². The maximum Gasteiger partial charge on any atom is 0.294 e. The van der Waals surface area contributed by atoms with Crippen molar-refractivity contribution in [1.82, 2.24) is 10.2 Å². The Morgan fingerprint density at radius 1 is 1.14 bits per heavy atom. The van der Waals surface area contributed by atoms with Gasteiger partial charge >= 0.3 is 0 Å². The highest BCUT2D eigenvalue weighted by atomic mass is 35.5. The lowest BCUT2D eigenvalue weighted by Gasteiger charge is -2.33. The average Bonchev–Trinajstić information content (AvgIpc) is 2.86. The van der Waals surface area contributed by atoms with Crippen LogP contribution < -0.4 is 5.32 Å². The van der Waals surface area contributed by atoms with Crippen LogP contribution in [-0.2, 0) is 21.5 Å². The van der Waals surface area contributed by atoms with E-state index in [1.807, 2.05) is 31.7 Å². The molecule has 1 amide bonds. The van der Waals surface area contributed by atoms with Crippen LogP contribution in [0.2, 0.25) is 10.0 Å². The molecule has 0 aromatic heterocycles. The van der Waals surface area contributed by atoms with Crippen LogP contribution in [0.25, 0.3) is 0 Å². The second-order valence-electron chi connectivity index (χ2n) is 7.18. The SMILES string of the molecule is CC1(C)C(=O)NC2=Nc3ccc(Cl)c(Cl)c3CN21.Cc1ccc(S(=O)(=O)O)cc1. The number of hydrogen-bond acceptors (Lipinski definition) is 5. The van der Waals surface area contributed by atoms with Gasteiger partial charge in [-0.25, -0.2) is 4.99 Å². The molecule has 1 fully saturated rings. The highest BCUT2D eigenvalue weighted by Crippen LogP contribution is 2.39. The molecule has 154 valence electrons. The number of nitrogens with zero attached hydrogens (tertiary/aromatic N) is 2. The predicted molar refractivity (Wildman–Crippen MR) is 112 cm³/mol. The van der Waals surface area contributed by atoms with Gasteiger partial charge in [-0.2, -0.15) is 8.42 Å². The fourth-order valence-corrected chi connectivity index (χ4v) is 3.77. The molecule has 0 spiro atoms. The zero-order valence-electron chi connectivity index (χ0n) is 15.9. The van der Waals surface area contributed by atoms with E-state index in [0.29, 0.717) is 22.5 Å². The Hall–Kier alpha value is -2.13. The van der Waals surface area contributed by atoms with Gasteiger partial charge in [-0.3, -0.25) is 14.7 Å². The lowest BCUT2D eigenvalue weighted by atomic mass is 10.0. The molecule has 2 aliphatic rings. The number of amides is 1. The first-order valence-electron chi connectivity index (χ1n) is 8.60. The standard InChI is InChI=1S/C12H11Cl2N3O.C7H8O3S/c1-12(2)10(18)16-11-15-8-4-3-7(13)9(14)6(8)5-17(11)12;1-6-2-4-7(5-3-6)11(8,9)10/h3-4H,5H2,1-2H3,(H,15,16,18);2-5H,1H3,(H,8,9,10). The Morgan fingerprint density at radius 2 is 1.76 bits per heavy atom. The van der Waals surface area contributed by atoms with Gasteiger partial charge < -0.3 is 4.90 Å². The van der Waals surface area contributed by atoms with E-state index in [9.17, 15) is 13.2 Å². The van der Waals surface area contributed by atoms with E-state index < -0.39 is 15.7 Å². The molecule has 0 aliphatic carbocycles. The molecule has 0 saturated carbocycles. The number of nitrogens with one attached hydrogen (secondary N) is 1. The van der Waals surface area contributed by atoms with E-state index in [1.54, 1.807) is 18.2 Å². The largest absolute Gasteiger partial charge is 0.324 e. The number of benzene rings is 2. The van der Waals surface area contributed by atoms with Crippen LogP contribution in [0.3, 0.4) is 0 Å². The molecule has 0 unspecified atom stereocenters. The van der Waals surface area contributed by atoms with Crippen molar-refractivity contribution in [1.29, 1.82) is 0 Å². The van der Waals surface area contributed by atoms with Gasteiger partial charge in [0.25, 0.3) is 16.0 Å². The number of aliphatic imine (C=N–C) groups is 1. The van der Waals surface area contributed by atoms with E-state index in [2.05, 4.69) is 10.3 Å². The number of carbonyl (C=O) groups is 1. The lowest BCUT2D eigenvalue weighted by Crippen LogP contribution is -2.44. The van der Waals surface area contributed by atoms with Crippen LogP contribution in [-0.4, -0.2) is 35.3 Å². The van der Waals surface area contributed by atoms with Crippen LogP contribution in [0.4, 0.5) is 5.69 Å². The number of carbonyl (C=O) groups excluding carboxylic acids is 1. The third-order valence-corrected chi connectivity index (χ3v) is 6.46. The highest BCUT2D eigenvalue weighted by molar-refractivity contribution is 7.85. The van der Waals surface area contributed by atoms with E-state index in [0.717, 1.165) is 16.8 Å². The van der Waals surface area contributed by atoms with Crippen molar-refractivity contribution in [2.24, 2.45) is 4.99 Å². The second kappa shape index (κ2) is 7.60. The van der Waals surface area contributed by atoms with Crippen LogP contribution in [0, 0.1) is 6.92 Å². The fraction of sp³-hybridized carbons (Fsp3) is 0.263. The van der Waals surface area contributed by atoms with E-state index in [4.69, 9.17) is 27.8 Å². The van der Waals surface area contributed by atoms with Crippen molar-refractivity contribution in [2.45, 2.75) is 37.8 Å². The number of hydrogen-bond donors (Lipinski definition) is 2. The summed E-state index contributed by atoms with van der Waals surface area (Å²) in [7, 11) is -4.02. The summed E-state index contributed by atoms with van der Waals surface area (Å²) < 4.78 is 29.6. The van der Waals surface area contributed by atoms with Crippen molar-refractivity contribution >= 4 is 50.9 Å². The normalized spacial score (nSPS) is 16.8. The zero-order valence-corrected chi connectivity index (χ0v) is 18.2. The first-order valence-corrected chi connectivity index (χ1v) is 10.8. The topological polar surface area (TPSA) is 99.1 Å². The predicted octanol–water partition coefficient (Wildman–Crippen LogP) is 3.95. The summed E-state index contributed by atoms with van der Waals surface area (Å²) in [5.74, 6) is 0.521. The van der Waals surface area contributed by atoms with Crippen molar-refractivity contribution in [3.8, 4) is 0 Å². The number of fused-ring (bicyclic) bond motifs is 2. The van der Waals surface area contributed by atoms with Gasteiger partial charge in [-0.15, -0.1) is 0 Å². The van der Waals surface area contributed by atoms with Crippen molar-refractivity contribution in [3.05, 3.63) is 57.6 Å². The third-order valence-electron chi connectivity index (χ3n) is 4.74. The minimum atomic E-state index is -4.02. The Labute approximate surface area is 179 Å². The summed E-state index contributed by atoms with van der Waals surface area (Å²) in [6.07, 6.45) is 0. The molecule has 2 heterocycles. The van der Waals surface area contributed by atoms with Gasteiger partial charge in [0, 0.05) is 5.56 Å². The molecule has 2 aliphatic heterocycles. The molecule has 0 bridgehead atoms. The summed E-state index contributed by atoms with van der Waals surface area (Å²) in [6, 6.07) is 9.51. The monoisotopic (exact) mass is 455 g/mol. The Morgan fingerprint density at radius 3 is 2.34 bits per heavy atom. The lowest BCUT2D eigenvalue weighted by molar-refractivity contribution is -0.125. The first kappa shape index (κ1) is 21.6. The molecule has 0 radical (unpaired) electrons. The smallest absolute Gasteiger partial charge is 0.294 e. The quantitative estimate of drug-likeness (QED) is 0.634. The second-order valence-corrected chi connectivity index (χ2v) is 9.39. The van der Waals surface area contributed by atoms with E-state index in [1.165, 1.54) is 12.1 Å². The van der Waals surface area contributed by atoms with Gasteiger partial charge in [0.1, 0.15) is 5.54 Å². The van der Waals surface area contributed by atoms with Crippen LogP contribution in [0.15, 0.2) is 46.3 Å². The molecule has 2 aromatic rings. The van der Waals surface area contributed by atoms with E-state index in [-0.39, 0.29) is 10.8 Å². The molecule has 1 saturated heterocycles. The molecule has 2 N–H and O–H groups in total. The molecule has 10 heteroatoms. The minimum Gasteiger partial charge on any atom is -0.324 e. The van der Waals surface area contributed by atoms with Gasteiger partial charge in [-0.1, -0.05) is 40.9 Å². The molecule has 7 nitrogen and oxygen atoms in total. The average molecular weight is 456 g/mol. The fourth-order valence-electron chi connectivity index (χ4n) is 2.89. The number of aryl methyl sites for hydroxylation is 1. The Kier molecular flexibility index (Phi) is 5.66. The summed E-state index contributed by atoms with van der Waals surface area (Å²) in [5, 5.41) is 3.79. The van der Waals surface area contributed by atoms with Crippen molar-refractivity contribution in [2.75, 3.05) is 0 Å². The third kappa shape index (κ3) is 4.25. The highest BCUT2D eigenvalue weighted by Gasteiger charge is 2.45. The van der Waals surface area contributed by atoms with Crippen LogP contribution >= 0.6 is 23.2 Å². The van der Waals surface area contributed by atoms with E-state index >= 15 is 0 Å². The molecular formula is C19H19Cl2N3O4S. The van der Waals surface area contributed by atoms with Crippen molar-refractivity contribution < 1.29 is 17.8 Å². The van der Waals surface area contributed by atoms with Crippen LogP contribution in [0.5, 0.6) is 0 Å². The Bertz CT molecular complexity index is 1110. The molecule has 2 aromatic carbocycles. The van der Waals surface area contributed by atoms with Gasteiger partial charge in [0.05, 0.1) is 27.2 Å². The zero-order chi connectivity index (χ0) is 21.6. The summed E-state index contributed by atoms with van der Waals surface area (Å²) in [5.41, 5.74) is 1.95. The molecule has 4 rings (SSSR count). The molecular weight excluding hydrogens is 437 g/mol. The maximum absolute atomic E-state index is 11.9. The maximum atomic E-state index is 11.9. The number of guanidine groups is 1. The van der Waals surface area contributed by atoms with Crippen LogP contribution in [0.1, 0.15) is 25.0 Å². The molecule has 0 atom stereocenters. The minimum absolute atomic E-state index is 0.0590. The Balaban J connectivity index is 0.000000188. The summed E-state index contributed by atoms with van der Waals surface area (Å²) in [4.78, 5) is 18.1.